The summed E-state index contributed by atoms with van der Waals surface area (Å²) in [6.07, 6.45) is 1.79. The molecule has 1 N–H and O–H groups in total. The first-order valence-corrected chi connectivity index (χ1v) is 6.30. The molecule has 0 saturated carbocycles. The van der Waals surface area contributed by atoms with Gasteiger partial charge in [-0.3, -0.25) is 9.63 Å². The fourth-order valence-electron chi connectivity index (χ4n) is 2.24. The first kappa shape index (κ1) is 13.5. The Balaban J connectivity index is 2.45. The topological polar surface area (TPSA) is 66.8 Å². The van der Waals surface area contributed by atoms with Crippen molar-refractivity contribution in [2.45, 2.75) is 26.7 Å². The number of hydrogen-bond donors (Lipinski definition) is 1. The maximum absolute atomic E-state index is 12.4. The molecule has 0 aliphatic carbocycles. The second kappa shape index (κ2) is 5.40. The van der Waals surface area contributed by atoms with E-state index in [4.69, 9.17) is 4.84 Å². The highest BCUT2D eigenvalue weighted by Gasteiger charge is 2.27. The number of carbonyl (C=O) groups excluding carboxylic acids is 1. The highest BCUT2D eigenvalue weighted by Crippen LogP contribution is 2.22. The Morgan fingerprint density at radius 1 is 1.16 bits per heavy atom. The summed E-state index contributed by atoms with van der Waals surface area (Å²) in [5.41, 5.74) is 1.54. The Bertz CT molecular complexity index is 518. The lowest BCUT2D eigenvalue weighted by molar-refractivity contribution is -0.144. The molecule has 1 fully saturated rings. The molecule has 0 aromatic heterocycles. The predicted octanol–water partition coefficient (Wildman–Crippen LogP) is 2.17. The van der Waals surface area contributed by atoms with Crippen LogP contribution in [-0.2, 0) is 4.84 Å². The van der Waals surface area contributed by atoms with Crippen molar-refractivity contribution < 1.29 is 19.5 Å². The summed E-state index contributed by atoms with van der Waals surface area (Å²) in [5.74, 6) is -1.44. The summed E-state index contributed by atoms with van der Waals surface area (Å²) in [6.45, 7) is 4.43. The number of benzene rings is 1. The molecule has 5 nitrogen and oxygen atoms in total. The van der Waals surface area contributed by atoms with Crippen molar-refractivity contribution in [2.24, 2.45) is 0 Å². The third kappa shape index (κ3) is 2.61. The number of carboxylic acid groups (broad SMARTS) is 1. The third-order valence-corrected chi connectivity index (χ3v) is 3.28. The minimum atomic E-state index is -1.08. The first-order chi connectivity index (χ1) is 9.02. The molecule has 1 aliphatic heterocycles. The third-order valence-electron chi connectivity index (χ3n) is 3.28. The molecular formula is C14H17NO4. The van der Waals surface area contributed by atoms with E-state index in [0.29, 0.717) is 24.3 Å². The lowest BCUT2D eigenvalue weighted by atomic mass is 9.96. The van der Waals surface area contributed by atoms with Crippen molar-refractivity contribution in [1.29, 1.82) is 0 Å². The van der Waals surface area contributed by atoms with Gasteiger partial charge >= 0.3 is 5.97 Å². The normalized spacial score (nSPS) is 15.4. The largest absolute Gasteiger partial charge is 0.478 e. The van der Waals surface area contributed by atoms with E-state index in [9.17, 15) is 14.7 Å². The van der Waals surface area contributed by atoms with E-state index in [-0.39, 0.29) is 17.0 Å². The van der Waals surface area contributed by atoms with Gasteiger partial charge in [-0.15, -0.1) is 0 Å². The molecule has 0 spiro atoms. The van der Waals surface area contributed by atoms with Crippen LogP contribution in [0.1, 0.15) is 44.7 Å². The van der Waals surface area contributed by atoms with Crippen molar-refractivity contribution in [1.82, 2.24) is 5.06 Å². The Morgan fingerprint density at radius 3 is 2.32 bits per heavy atom. The highest BCUT2D eigenvalue weighted by atomic mass is 16.7. The van der Waals surface area contributed by atoms with Crippen LogP contribution >= 0.6 is 0 Å². The lowest BCUT2D eigenvalue weighted by Crippen LogP contribution is -2.37. The first-order valence-electron chi connectivity index (χ1n) is 6.30. The van der Waals surface area contributed by atoms with Crippen LogP contribution in [0.5, 0.6) is 0 Å². The van der Waals surface area contributed by atoms with Crippen LogP contribution in [0.3, 0.4) is 0 Å². The van der Waals surface area contributed by atoms with Gasteiger partial charge in [0.1, 0.15) is 0 Å². The fourth-order valence-corrected chi connectivity index (χ4v) is 2.24. The zero-order valence-electron chi connectivity index (χ0n) is 11.1. The lowest BCUT2D eigenvalue weighted by Gasteiger charge is -2.27. The van der Waals surface area contributed by atoms with Gasteiger partial charge in [-0.05, 0) is 37.8 Å². The van der Waals surface area contributed by atoms with E-state index >= 15 is 0 Å². The molecule has 1 saturated heterocycles. The van der Waals surface area contributed by atoms with E-state index in [0.717, 1.165) is 12.8 Å². The smallest absolute Gasteiger partial charge is 0.336 e. The van der Waals surface area contributed by atoms with Crippen LogP contribution in [0.25, 0.3) is 0 Å². The van der Waals surface area contributed by atoms with E-state index in [1.807, 2.05) is 0 Å². The number of aromatic carboxylic acids is 1. The Morgan fingerprint density at radius 2 is 1.79 bits per heavy atom. The van der Waals surface area contributed by atoms with Crippen LogP contribution in [0.15, 0.2) is 12.1 Å². The molecule has 5 heteroatoms. The van der Waals surface area contributed by atoms with Gasteiger partial charge in [0.15, 0.2) is 0 Å². The minimum absolute atomic E-state index is 0.0687. The zero-order valence-corrected chi connectivity index (χ0v) is 11.1. The van der Waals surface area contributed by atoms with E-state index in [1.54, 1.807) is 26.0 Å². The van der Waals surface area contributed by atoms with Crippen molar-refractivity contribution in [3.8, 4) is 0 Å². The average Bonchev–Trinajstić information content (AvgIpc) is 2.41. The maximum atomic E-state index is 12.4. The van der Waals surface area contributed by atoms with Crippen LogP contribution < -0.4 is 0 Å². The standard InChI is InChI=1S/C14H17NO4/c1-9-5-6-10(2)12(14(17)18)11(9)13(16)15-7-3-4-8-19-15/h5-6H,3-4,7-8H2,1-2H3,(H,17,18). The number of hydroxylamine groups is 2. The fraction of sp³-hybridized carbons (Fsp3) is 0.429. The van der Waals surface area contributed by atoms with Gasteiger partial charge in [0.25, 0.3) is 5.91 Å². The molecule has 19 heavy (non-hydrogen) atoms. The molecule has 1 heterocycles. The zero-order chi connectivity index (χ0) is 14.0. The molecule has 2 rings (SSSR count). The molecule has 1 aromatic carbocycles. The molecule has 1 aliphatic rings. The monoisotopic (exact) mass is 263 g/mol. The van der Waals surface area contributed by atoms with Gasteiger partial charge in [0.05, 0.1) is 17.7 Å². The summed E-state index contributed by atoms with van der Waals surface area (Å²) in [6, 6.07) is 3.48. The van der Waals surface area contributed by atoms with Gasteiger partial charge < -0.3 is 5.11 Å². The number of carboxylic acids is 1. The Labute approximate surface area is 111 Å². The number of carbonyl (C=O) groups is 2. The number of amides is 1. The quantitative estimate of drug-likeness (QED) is 0.888. The van der Waals surface area contributed by atoms with Crippen molar-refractivity contribution >= 4 is 11.9 Å². The van der Waals surface area contributed by atoms with E-state index in [2.05, 4.69) is 0 Å². The molecule has 0 radical (unpaired) electrons. The number of rotatable bonds is 2. The summed E-state index contributed by atoms with van der Waals surface area (Å²) < 4.78 is 0. The number of hydrogen-bond acceptors (Lipinski definition) is 3. The van der Waals surface area contributed by atoms with Crippen molar-refractivity contribution in [2.75, 3.05) is 13.2 Å². The summed E-state index contributed by atoms with van der Waals surface area (Å²) in [7, 11) is 0. The summed E-state index contributed by atoms with van der Waals surface area (Å²) in [4.78, 5) is 29.1. The number of aryl methyl sites for hydroxylation is 2. The highest BCUT2D eigenvalue weighted by molar-refractivity contribution is 6.06. The summed E-state index contributed by atoms with van der Waals surface area (Å²) >= 11 is 0. The molecule has 102 valence electrons. The predicted molar refractivity (Wildman–Crippen MR) is 69.1 cm³/mol. The van der Waals surface area contributed by atoms with Crippen LogP contribution in [-0.4, -0.2) is 35.2 Å². The van der Waals surface area contributed by atoms with Gasteiger partial charge in [0.2, 0.25) is 0 Å². The minimum Gasteiger partial charge on any atom is -0.478 e. The SMILES string of the molecule is Cc1ccc(C)c(C(=O)N2CCCCO2)c1C(=O)O. The second-order valence-electron chi connectivity index (χ2n) is 4.70. The van der Waals surface area contributed by atoms with Crippen LogP contribution in [0, 0.1) is 13.8 Å². The molecular weight excluding hydrogens is 246 g/mol. The van der Waals surface area contributed by atoms with Crippen molar-refractivity contribution in [3.63, 3.8) is 0 Å². The molecule has 0 unspecified atom stereocenters. The molecule has 0 bridgehead atoms. The summed E-state index contributed by atoms with van der Waals surface area (Å²) in [5, 5.41) is 10.6. The Hall–Kier alpha value is -1.88. The number of nitrogens with zero attached hydrogens (tertiary/aromatic N) is 1. The molecule has 0 atom stereocenters. The molecule has 1 amide bonds. The average molecular weight is 263 g/mol. The Kier molecular flexibility index (Phi) is 3.85. The van der Waals surface area contributed by atoms with E-state index < -0.39 is 5.97 Å². The van der Waals surface area contributed by atoms with Gasteiger partial charge in [-0.2, -0.15) is 0 Å². The van der Waals surface area contributed by atoms with E-state index in [1.165, 1.54) is 5.06 Å². The second-order valence-corrected chi connectivity index (χ2v) is 4.70. The van der Waals surface area contributed by atoms with Gasteiger partial charge in [0, 0.05) is 6.54 Å². The van der Waals surface area contributed by atoms with Gasteiger partial charge in [-0.1, -0.05) is 12.1 Å². The van der Waals surface area contributed by atoms with Crippen molar-refractivity contribution in [3.05, 3.63) is 34.4 Å². The van der Waals surface area contributed by atoms with Crippen LogP contribution in [0.4, 0.5) is 0 Å². The van der Waals surface area contributed by atoms with Gasteiger partial charge in [-0.25, -0.2) is 9.86 Å². The maximum Gasteiger partial charge on any atom is 0.336 e. The molecule has 1 aromatic rings. The van der Waals surface area contributed by atoms with Crippen LogP contribution in [0.2, 0.25) is 0 Å².